The van der Waals surface area contributed by atoms with E-state index in [9.17, 15) is 0 Å². The van der Waals surface area contributed by atoms with Crippen LogP contribution in [0.25, 0.3) is 96.6 Å². The van der Waals surface area contributed by atoms with Crippen LogP contribution in [0.15, 0.2) is 164 Å². The minimum Gasteiger partial charge on any atom is -0.135 e. The molecule has 0 N–H and O–H groups in total. The fraction of sp³-hybridized carbons (Fsp3) is 0.115. The summed E-state index contributed by atoms with van der Waals surface area (Å²) in [5.41, 5.74) is 9.43. The summed E-state index contributed by atoms with van der Waals surface area (Å²) in [7, 11) is 0. The summed E-state index contributed by atoms with van der Waals surface area (Å²) in [6.07, 6.45) is 6.63. The third-order valence-corrected chi connectivity index (χ3v) is 13.2. The monoisotopic (exact) mass is 694 g/mol. The van der Waals surface area contributed by atoms with E-state index in [0.29, 0.717) is 5.92 Å². The summed E-state index contributed by atoms with van der Waals surface area (Å²) in [5, 5.41) is 13.5. The Morgan fingerprint density at radius 2 is 0.868 bits per heavy atom. The SMILES string of the molecule is c1ccc(-c2c3ccccc3c(-c3cccc4sc5cc(-c6c7ccccc7c(C7CCCCC7)c7ccccc67)ccc5c34)c3ccccc23)cc1. The molecule has 0 radical (unpaired) electrons. The lowest BCUT2D eigenvalue weighted by Gasteiger charge is -2.26. The van der Waals surface area contributed by atoms with Crippen molar-refractivity contribution in [2.45, 2.75) is 38.0 Å². The zero-order valence-electron chi connectivity index (χ0n) is 29.6. The van der Waals surface area contributed by atoms with Crippen LogP contribution in [0.2, 0.25) is 0 Å². The number of benzene rings is 9. The van der Waals surface area contributed by atoms with Crippen LogP contribution in [0.3, 0.4) is 0 Å². The minimum absolute atomic E-state index is 0.630. The van der Waals surface area contributed by atoms with Gasteiger partial charge in [-0.05, 0) is 113 Å². The predicted octanol–water partition coefficient (Wildman–Crippen LogP) is 15.7. The van der Waals surface area contributed by atoms with Gasteiger partial charge in [0.15, 0.2) is 0 Å². The fourth-order valence-electron chi connectivity index (χ4n) is 9.83. The maximum atomic E-state index is 2.48. The van der Waals surface area contributed by atoms with Crippen LogP contribution >= 0.6 is 11.3 Å². The second kappa shape index (κ2) is 12.4. The van der Waals surface area contributed by atoms with Crippen LogP contribution in [-0.4, -0.2) is 0 Å². The highest BCUT2D eigenvalue weighted by molar-refractivity contribution is 7.26. The van der Waals surface area contributed by atoms with Crippen molar-refractivity contribution < 1.29 is 0 Å². The first kappa shape index (κ1) is 30.8. The van der Waals surface area contributed by atoms with E-state index in [0.717, 1.165) is 0 Å². The van der Waals surface area contributed by atoms with Crippen molar-refractivity contribution in [2.24, 2.45) is 0 Å². The lowest BCUT2D eigenvalue weighted by molar-refractivity contribution is 0.447. The summed E-state index contributed by atoms with van der Waals surface area (Å²) in [6.45, 7) is 0. The Morgan fingerprint density at radius 3 is 1.47 bits per heavy atom. The van der Waals surface area contributed by atoms with Gasteiger partial charge < -0.3 is 0 Å². The summed E-state index contributed by atoms with van der Waals surface area (Å²) in [5.74, 6) is 0.630. The second-order valence-corrected chi connectivity index (χ2v) is 16.0. The molecule has 0 atom stereocenters. The third kappa shape index (κ3) is 4.80. The molecule has 53 heavy (non-hydrogen) atoms. The van der Waals surface area contributed by atoms with Gasteiger partial charge in [0.25, 0.3) is 0 Å². The van der Waals surface area contributed by atoms with Crippen molar-refractivity contribution in [3.8, 4) is 33.4 Å². The molecule has 0 saturated heterocycles. The molecular weight excluding hydrogens is 657 g/mol. The summed E-state index contributed by atoms with van der Waals surface area (Å²) in [6, 6.07) is 61.6. The van der Waals surface area contributed by atoms with Crippen LogP contribution in [0.1, 0.15) is 43.6 Å². The Bertz CT molecular complexity index is 2920. The molecule has 11 rings (SSSR count). The first-order valence-corrected chi connectivity index (χ1v) is 20.0. The summed E-state index contributed by atoms with van der Waals surface area (Å²) in [4.78, 5) is 0. The van der Waals surface area contributed by atoms with Gasteiger partial charge in [-0.15, -0.1) is 11.3 Å². The van der Waals surface area contributed by atoms with Crippen LogP contribution in [-0.2, 0) is 0 Å². The van der Waals surface area contributed by atoms with Crippen LogP contribution < -0.4 is 0 Å². The Kier molecular flexibility index (Phi) is 7.23. The molecule has 1 heteroatoms. The second-order valence-electron chi connectivity index (χ2n) is 14.9. The molecule has 0 bridgehead atoms. The van der Waals surface area contributed by atoms with E-state index in [2.05, 4.69) is 164 Å². The van der Waals surface area contributed by atoms with Crippen molar-refractivity contribution in [2.75, 3.05) is 0 Å². The van der Waals surface area contributed by atoms with Gasteiger partial charge in [-0.3, -0.25) is 0 Å². The van der Waals surface area contributed by atoms with Gasteiger partial charge in [-0.1, -0.05) is 171 Å². The molecule has 0 amide bonds. The highest BCUT2D eigenvalue weighted by Crippen LogP contribution is 2.50. The van der Waals surface area contributed by atoms with E-state index < -0.39 is 0 Å². The first-order chi connectivity index (χ1) is 26.3. The topological polar surface area (TPSA) is 0 Å². The predicted molar refractivity (Wildman–Crippen MR) is 231 cm³/mol. The Labute approximate surface area is 314 Å². The van der Waals surface area contributed by atoms with E-state index in [4.69, 9.17) is 0 Å². The molecule has 1 aromatic heterocycles. The lowest BCUT2D eigenvalue weighted by atomic mass is 9.78. The van der Waals surface area contributed by atoms with Crippen molar-refractivity contribution in [1.82, 2.24) is 0 Å². The number of rotatable bonds is 4. The van der Waals surface area contributed by atoms with Crippen LogP contribution in [0, 0.1) is 0 Å². The van der Waals surface area contributed by atoms with E-state index in [1.54, 1.807) is 5.56 Å². The molecule has 0 aliphatic heterocycles. The standard InChI is InChI=1S/C52H38S/c1-3-16-33(17-4-1)48-36-20-7-9-22-38(36)50(39-23-10-8-21-37(39)48)35-30-31-44-47(32-35)53-46-29-15-28-45(52(44)46)51-42-26-13-11-24-40(42)49(34-18-5-2-6-19-34)41-25-12-14-27-43(41)51/h2,5-15,18-33H,1,3-4,16-17H2. The zero-order valence-corrected chi connectivity index (χ0v) is 30.4. The molecule has 252 valence electrons. The largest absolute Gasteiger partial charge is 0.135 e. The molecule has 0 nitrogen and oxygen atoms in total. The number of fused-ring (bicyclic) bond motifs is 7. The van der Waals surface area contributed by atoms with E-state index in [-0.39, 0.29) is 0 Å². The zero-order chi connectivity index (χ0) is 34.9. The quantitative estimate of drug-likeness (QED) is 0.161. The van der Waals surface area contributed by atoms with Gasteiger partial charge in [-0.2, -0.15) is 0 Å². The number of hydrogen-bond acceptors (Lipinski definition) is 1. The molecule has 1 saturated carbocycles. The van der Waals surface area contributed by atoms with Crippen molar-refractivity contribution in [3.05, 3.63) is 169 Å². The smallest absolute Gasteiger partial charge is 0.0361 e. The van der Waals surface area contributed by atoms with Gasteiger partial charge in [0.05, 0.1) is 0 Å². The average molecular weight is 695 g/mol. The Hall–Kier alpha value is -5.76. The van der Waals surface area contributed by atoms with E-state index in [1.165, 1.54) is 129 Å². The van der Waals surface area contributed by atoms with Gasteiger partial charge in [0.2, 0.25) is 0 Å². The number of thiophene rings is 1. The molecular formula is C52H38S. The third-order valence-electron chi connectivity index (χ3n) is 12.0. The molecule has 1 aliphatic rings. The maximum Gasteiger partial charge on any atom is 0.0361 e. The average Bonchev–Trinajstić information content (AvgIpc) is 3.61. The molecule has 1 aliphatic carbocycles. The van der Waals surface area contributed by atoms with Crippen LogP contribution in [0.5, 0.6) is 0 Å². The molecule has 10 aromatic rings. The minimum atomic E-state index is 0.630. The molecule has 9 aromatic carbocycles. The van der Waals surface area contributed by atoms with Gasteiger partial charge in [0.1, 0.15) is 0 Å². The Morgan fingerprint density at radius 1 is 0.358 bits per heavy atom. The number of hydrogen-bond donors (Lipinski definition) is 0. The van der Waals surface area contributed by atoms with Gasteiger partial charge in [0, 0.05) is 20.2 Å². The van der Waals surface area contributed by atoms with Gasteiger partial charge >= 0.3 is 0 Å². The summed E-state index contributed by atoms with van der Waals surface area (Å²) < 4.78 is 2.67. The maximum absolute atomic E-state index is 2.48. The van der Waals surface area contributed by atoms with E-state index in [1.807, 2.05) is 11.3 Å². The fourth-order valence-corrected chi connectivity index (χ4v) is 11.0. The molecule has 0 spiro atoms. The highest BCUT2D eigenvalue weighted by Gasteiger charge is 2.24. The molecule has 1 fully saturated rings. The highest BCUT2D eigenvalue weighted by atomic mass is 32.1. The Balaban J connectivity index is 1.16. The first-order valence-electron chi connectivity index (χ1n) is 19.2. The lowest BCUT2D eigenvalue weighted by Crippen LogP contribution is -2.06. The van der Waals surface area contributed by atoms with Crippen molar-refractivity contribution in [1.29, 1.82) is 0 Å². The van der Waals surface area contributed by atoms with Crippen molar-refractivity contribution >= 4 is 74.6 Å². The molecule has 0 unspecified atom stereocenters. The normalized spacial score (nSPS) is 14.0. The van der Waals surface area contributed by atoms with Gasteiger partial charge in [-0.25, -0.2) is 0 Å². The molecule has 1 heterocycles. The van der Waals surface area contributed by atoms with E-state index >= 15 is 0 Å². The van der Waals surface area contributed by atoms with Crippen LogP contribution in [0.4, 0.5) is 0 Å². The van der Waals surface area contributed by atoms with Crippen molar-refractivity contribution in [3.63, 3.8) is 0 Å². The summed E-state index contributed by atoms with van der Waals surface area (Å²) >= 11 is 1.93.